The van der Waals surface area contributed by atoms with Crippen LogP contribution in [-0.2, 0) is 22.6 Å². The molecular formula is C14H25N5O3. The number of ether oxygens (including phenoxy) is 1. The van der Waals surface area contributed by atoms with Crippen molar-refractivity contribution in [3.05, 3.63) is 12.2 Å². The predicted molar refractivity (Wildman–Crippen MR) is 80.0 cm³/mol. The van der Waals surface area contributed by atoms with Crippen LogP contribution in [0.2, 0.25) is 0 Å². The molecule has 1 aliphatic rings. The molecule has 1 fully saturated rings. The molecule has 1 amide bonds. The van der Waals surface area contributed by atoms with Crippen molar-refractivity contribution >= 4 is 5.91 Å². The SMILES string of the molecule is COCCCn1cnnc1CNC(=O)CN1CCCC(O)C1. The van der Waals surface area contributed by atoms with Crippen LogP contribution in [0.3, 0.4) is 0 Å². The highest BCUT2D eigenvalue weighted by Crippen LogP contribution is 2.08. The van der Waals surface area contributed by atoms with Gasteiger partial charge in [0.25, 0.3) is 0 Å². The number of rotatable bonds is 8. The average molecular weight is 311 g/mol. The molecule has 0 aromatic carbocycles. The van der Waals surface area contributed by atoms with Crippen LogP contribution >= 0.6 is 0 Å². The number of aliphatic hydroxyl groups excluding tert-OH is 1. The summed E-state index contributed by atoms with van der Waals surface area (Å²) in [6.45, 7) is 3.56. The van der Waals surface area contributed by atoms with E-state index in [0.29, 0.717) is 26.2 Å². The summed E-state index contributed by atoms with van der Waals surface area (Å²) in [6.07, 6.45) is 3.98. The zero-order valence-corrected chi connectivity index (χ0v) is 13.1. The van der Waals surface area contributed by atoms with Gasteiger partial charge in [0.1, 0.15) is 6.33 Å². The van der Waals surface area contributed by atoms with Gasteiger partial charge in [0.15, 0.2) is 5.82 Å². The molecule has 0 radical (unpaired) electrons. The molecule has 8 heteroatoms. The minimum absolute atomic E-state index is 0.0551. The lowest BCUT2D eigenvalue weighted by atomic mass is 10.1. The van der Waals surface area contributed by atoms with Gasteiger partial charge in [0.05, 0.1) is 19.2 Å². The molecule has 0 spiro atoms. The molecule has 2 rings (SSSR count). The Labute approximate surface area is 130 Å². The van der Waals surface area contributed by atoms with Crippen LogP contribution in [0.4, 0.5) is 0 Å². The summed E-state index contributed by atoms with van der Waals surface area (Å²) in [5.74, 6) is 0.684. The Morgan fingerprint density at radius 3 is 3.23 bits per heavy atom. The van der Waals surface area contributed by atoms with Crippen LogP contribution in [0.5, 0.6) is 0 Å². The summed E-state index contributed by atoms with van der Waals surface area (Å²) >= 11 is 0. The lowest BCUT2D eigenvalue weighted by Gasteiger charge is -2.29. The van der Waals surface area contributed by atoms with E-state index in [1.807, 2.05) is 9.47 Å². The van der Waals surface area contributed by atoms with Gasteiger partial charge in [-0.3, -0.25) is 9.69 Å². The Hall–Kier alpha value is -1.51. The van der Waals surface area contributed by atoms with Gasteiger partial charge >= 0.3 is 0 Å². The monoisotopic (exact) mass is 311 g/mol. The lowest BCUT2D eigenvalue weighted by Crippen LogP contribution is -2.44. The van der Waals surface area contributed by atoms with Gasteiger partial charge in [0.2, 0.25) is 5.91 Å². The van der Waals surface area contributed by atoms with E-state index in [-0.39, 0.29) is 12.0 Å². The number of aryl methyl sites for hydroxylation is 1. The highest BCUT2D eigenvalue weighted by Gasteiger charge is 2.19. The maximum atomic E-state index is 12.0. The van der Waals surface area contributed by atoms with Gasteiger partial charge in [-0.15, -0.1) is 10.2 Å². The third-order valence-corrected chi connectivity index (χ3v) is 3.73. The summed E-state index contributed by atoms with van der Waals surface area (Å²) < 4.78 is 6.94. The molecule has 1 aromatic rings. The Morgan fingerprint density at radius 1 is 1.59 bits per heavy atom. The van der Waals surface area contributed by atoms with Crippen molar-refractivity contribution in [3.63, 3.8) is 0 Å². The van der Waals surface area contributed by atoms with Crippen LogP contribution in [0.1, 0.15) is 25.1 Å². The normalized spacial score (nSPS) is 19.3. The van der Waals surface area contributed by atoms with E-state index in [4.69, 9.17) is 4.74 Å². The molecule has 2 N–H and O–H groups in total. The van der Waals surface area contributed by atoms with Gasteiger partial charge in [-0.05, 0) is 25.8 Å². The molecule has 2 heterocycles. The van der Waals surface area contributed by atoms with Crippen LogP contribution in [-0.4, -0.2) is 70.1 Å². The van der Waals surface area contributed by atoms with Crippen molar-refractivity contribution in [3.8, 4) is 0 Å². The third kappa shape index (κ3) is 5.36. The highest BCUT2D eigenvalue weighted by molar-refractivity contribution is 5.77. The molecule has 124 valence electrons. The minimum atomic E-state index is -0.314. The predicted octanol–water partition coefficient (Wildman–Crippen LogP) is -0.612. The first kappa shape index (κ1) is 16.9. The molecule has 1 aliphatic heterocycles. The molecule has 0 aliphatic carbocycles. The number of aromatic nitrogens is 3. The summed E-state index contributed by atoms with van der Waals surface area (Å²) in [7, 11) is 1.67. The lowest BCUT2D eigenvalue weighted by molar-refractivity contribution is -0.123. The number of nitrogens with zero attached hydrogens (tertiary/aromatic N) is 4. The van der Waals surface area contributed by atoms with Crippen LogP contribution < -0.4 is 5.32 Å². The Balaban J connectivity index is 1.73. The van der Waals surface area contributed by atoms with Gasteiger partial charge in [-0.1, -0.05) is 0 Å². The number of carbonyl (C=O) groups excluding carboxylic acids is 1. The van der Waals surface area contributed by atoms with Crippen molar-refractivity contribution in [2.45, 2.75) is 38.5 Å². The standard InChI is InChI=1S/C14H25N5O3/c1-22-7-3-6-19-11-16-17-13(19)8-15-14(21)10-18-5-2-4-12(20)9-18/h11-12,20H,2-10H2,1H3,(H,15,21). The van der Waals surface area contributed by atoms with Crippen LogP contribution in [0.15, 0.2) is 6.33 Å². The summed E-state index contributed by atoms with van der Waals surface area (Å²) in [6, 6.07) is 0. The van der Waals surface area contributed by atoms with E-state index in [1.165, 1.54) is 0 Å². The molecule has 0 saturated carbocycles. The number of nitrogens with one attached hydrogen (secondary N) is 1. The van der Waals surface area contributed by atoms with E-state index in [9.17, 15) is 9.90 Å². The van der Waals surface area contributed by atoms with Crippen molar-refractivity contribution in [1.82, 2.24) is 25.0 Å². The topological polar surface area (TPSA) is 92.5 Å². The van der Waals surface area contributed by atoms with Crippen molar-refractivity contribution in [1.29, 1.82) is 0 Å². The van der Waals surface area contributed by atoms with Gasteiger partial charge < -0.3 is 19.7 Å². The second-order valence-corrected chi connectivity index (χ2v) is 5.59. The second kappa shape index (κ2) is 8.82. The fraction of sp³-hybridized carbons (Fsp3) is 0.786. The first-order valence-corrected chi connectivity index (χ1v) is 7.71. The molecule has 1 atom stereocenters. The number of piperidine rings is 1. The summed E-state index contributed by atoms with van der Waals surface area (Å²) in [4.78, 5) is 14.0. The number of hydrogen-bond donors (Lipinski definition) is 2. The molecule has 1 saturated heterocycles. The van der Waals surface area contributed by atoms with Gasteiger partial charge in [-0.25, -0.2) is 0 Å². The van der Waals surface area contributed by atoms with Gasteiger partial charge in [-0.2, -0.15) is 0 Å². The Morgan fingerprint density at radius 2 is 2.45 bits per heavy atom. The van der Waals surface area contributed by atoms with E-state index >= 15 is 0 Å². The largest absolute Gasteiger partial charge is 0.392 e. The van der Waals surface area contributed by atoms with Crippen molar-refractivity contribution < 1.29 is 14.6 Å². The van der Waals surface area contributed by atoms with Crippen molar-refractivity contribution in [2.75, 3.05) is 33.4 Å². The van der Waals surface area contributed by atoms with Crippen molar-refractivity contribution in [2.24, 2.45) is 0 Å². The van der Waals surface area contributed by atoms with E-state index in [2.05, 4.69) is 15.5 Å². The number of amides is 1. The maximum absolute atomic E-state index is 12.0. The Bertz CT molecular complexity index is 465. The number of aliphatic hydroxyl groups is 1. The van der Waals surface area contributed by atoms with E-state index in [0.717, 1.165) is 38.2 Å². The molecule has 0 bridgehead atoms. The number of methoxy groups -OCH3 is 1. The molecular weight excluding hydrogens is 286 g/mol. The van der Waals surface area contributed by atoms with E-state index in [1.54, 1.807) is 13.4 Å². The molecule has 8 nitrogen and oxygen atoms in total. The molecule has 1 unspecified atom stereocenters. The first-order valence-electron chi connectivity index (χ1n) is 7.71. The number of hydrogen-bond acceptors (Lipinski definition) is 6. The zero-order chi connectivity index (χ0) is 15.8. The Kier molecular flexibility index (Phi) is 6.75. The third-order valence-electron chi connectivity index (χ3n) is 3.73. The highest BCUT2D eigenvalue weighted by atomic mass is 16.5. The maximum Gasteiger partial charge on any atom is 0.234 e. The second-order valence-electron chi connectivity index (χ2n) is 5.59. The summed E-state index contributed by atoms with van der Waals surface area (Å²) in [5.41, 5.74) is 0. The first-order chi connectivity index (χ1) is 10.7. The summed E-state index contributed by atoms with van der Waals surface area (Å²) in [5, 5.41) is 20.4. The fourth-order valence-electron chi connectivity index (χ4n) is 2.59. The zero-order valence-electron chi connectivity index (χ0n) is 13.1. The van der Waals surface area contributed by atoms with Gasteiger partial charge in [0, 0.05) is 26.8 Å². The number of β-amino-alcohol motifs (C(OH)–C–C–N with tert-alkyl or cyclic N) is 1. The fourth-order valence-corrected chi connectivity index (χ4v) is 2.59. The van der Waals surface area contributed by atoms with Crippen LogP contribution in [0.25, 0.3) is 0 Å². The smallest absolute Gasteiger partial charge is 0.234 e. The number of likely N-dealkylation sites (tertiary alicyclic amines) is 1. The van der Waals surface area contributed by atoms with E-state index < -0.39 is 0 Å². The molecule has 1 aromatic heterocycles. The quantitative estimate of drug-likeness (QED) is 0.622. The number of carbonyl (C=O) groups is 1. The average Bonchev–Trinajstić information content (AvgIpc) is 2.93. The molecule has 22 heavy (non-hydrogen) atoms. The minimum Gasteiger partial charge on any atom is -0.392 e. The van der Waals surface area contributed by atoms with Crippen LogP contribution in [0, 0.1) is 0 Å².